The second-order valence-electron chi connectivity index (χ2n) is 6.45. The zero-order valence-corrected chi connectivity index (χ0v) is 12.8. The van der Waals surface area contributed by atoms with Gasteiger partial charge in [-0.15, -0.1) is 0 Å². The number of hydrogen-bond acceptors (Lipinski definition) is 2. The van der Waals surface area contributed by atoms with Crippen LogP contribution in [0.1, 0.15) is 57.1 Å². The van der Waals surface area contributed by atoms with Crippen molar-refractivity contribution in [1.82, 2.24) is 15.2 Å². The fourth-order valence-corrected chi connectivity index (χ4v) is 3.71. The summed E-state index contributed by atoms with van der Waals surface area (Å²) in [6.45, 7) is 3.12. The minimum Gasteiger partial charge on any atom is -0.335 e. The molecular formula is C17H25N3O. The highest BCUT2D eigenvalue weighted by Crippen LogP contribution is 2.32. The third-order valence-electron chi connectivity index (χ3n) is 5.02. The van der Waals surface area contributed by atoms with Gasteiger partial charge in [-0.05, 0) is 49.3 Å². The first-order chi connectivity index (χ1) is 10.3. The van der Waals surface area contributed by atoms with Crippen LogP contribution in [0.5, 0.6) is 0 Å². The second-order valence-corrected chi connectivity index (χ2v) is 6.45. The number of aromatic nitrogens is 1. The summed E-state index contributed by atoms with van der Waals surface area (Å²) in [5, 5.41) is 3.28. The number of carbonyl (C=O) groups excluding carboxylic acids is 1. The van der Waals surface area contributed by atoms with Crippen LogP contribution in [0.4, 0.5) is 4.79 Å². The number of rotatable bonds is 2. The highest BCUT2D eigenvalue weighted by Gasteiger charge is 2.32. The number of nitrogens with one attached hydrogen (secondary N) is 1. The molecule has 3 atom stereocenters. The van der Waals surface area contributed by atoms with E-state index < -0.39 is 0 Å². The Bertz CT molecular complexity index is 476. The average Bonchev–Trinajstić information content (AvgIpc) is 3.00. The minimum atomic E-state index is 0.119. The van der Waals surface area contributed by atoms with E-state index in [0.29, 0.717) is 12.0 Å². The van der Waals surface area contributed by atoms with Gasteiger partial charge in [0.05, 0.1) is 6.04 Å². The van der Waals surface area contributed by atoms with E-state index in [1.54, 1.807) is 0 Å². The van der Waals surface area contributed by atoms with Gasteiger partial charge >= 0.3 is 6.03 Å². The van der Waals surface area contributed by atoms with Gasteiger partial charge in [0.1, 0.15) is 0 Å². The first-order valence-electron chi connectivity index (χ1n) is 8.23. The van der Waals surface area contributed by atoms with E-state index in [-0.39, 0.29) is 12.1 Å². The lowest BCUT2D eigenvalue weighted by molar-refractivity contribution is 0.178. The molecule has 0 radical (unpaired) electrons. The van der Waals surface area contributed by atoms with Crippen LogP contribution in [-0.2, 0) is 0 Å². The highest BCUT2D eigenvalue weighted by atomic mass is 16.2. The molecule has 21 heavy (non-hydrogen) atoms. The molecule has 1 aliphatic heterocycles. The van der Waals surface area contributed by atoms with Crippen molar-refractivity contribution in [2.75, 3.05) is 6.54 Å². The molecule has 3 rings (SSSR count). The Balaban J connectivity index is 1.66. The van der Waals surface area contributed by atoms with Crippen LogP contribution in [0.3, 0.4) is 0 Å². The summed E-state index contributed by atoms with van der Waals surface area (Å²) in [6, 6.07) is 4.74. The van der Waals surface area contributed by atoms with Crippen LogP contribution < -0.4 is 5.32 Å². The molecule has 1 aromatic rings. The molecule has 2 aliphatic rings. The Labute approximate surface area is 126 Å². The predicted molar refractivity (Wildman–Crippen MR) is 82.9 cm³/mol. The molecule has 3 unspecified atom stereocenters. The molecule has 0 spiro atoms. The van der Waals surface area contributed by atoms with E-state index in [1.807, 2.05) is 29.4 Å². The summed E-state index contributed by atoms with van der Waals surface area (Å²) >= 11 is 0. The smallest absolute Gasteiger partial charge is 0.318 e. The van der Waals surface area contributed by atoms with E-state index in [4.69, 9.17) is 0 Å². The Morgan fingerprint density at radius 3 is 2.71 bits per heavy atom. The molecule has 2 heterocycles. The number of urea groups is 1. The van der Waals surface area contributed by atoms with Crippen molar-refractivity contribution in [1.29, 1.82) is 0 Å². The number of hydrogen-bond donors (Lipinski definition) is 1. The van der Waals surface area contributed by atoms with Gasteiger partial charge in [-0.1, -0.05) is 19.8 Å². The molecule has 0 aromatic carbocycles. The average molecular weight is 287 g/mol. The first-order valence-corrected chi connectivity index (χ1v) is 8.23. The van der Waals surface area contributed by atoms with Gasteiger partial charge in [0.25, 0.3) is 0 Å². The van der Waals surface area contributed by atoms with E-state index >= 15 is 0 Å². The van der Waals surface area contributed by atoms with Crippen molar-refractivity contribution in [2.24, 2.45) is 5.92 Å². The van der Waals surface area contributed by atoms with Crippen molar-refractivity contribution in [3.8, 4) is 0 Å². The lowest BCUT2D eigenvalue weighted by Crippen LogP contribution is -2.47. The largest absolute Gasteiger partial charge is 0.335 e. The summed E-state index contributed by atoms with van der Waals surface area (Å²) in [5.74, 6) is 0.602. The fraction of sp³-hybridized carbons (Fsp3) is 0.647. The van der Waals surface area contributed by atoms with Gasteiger partial charge in [0.2, 0.25) is 0 Å². The molecular weight excluding hydrogens is 262 g/mol. The van der Waals surface area contributed by atoms with Crippen LogP contribution in [0.2, 0.25) is 0 Å². The molecule has 1 N–H and O–H groups in total. The number of amides is 2. The lowest BCUT2D eigenvalue weighted by atomic mass is 9.86. The number of nitrogens with zero attached hydrogens (tertiary/aromatic N) is 2. The summed E-state index contributed by atoms with van der Waals surface area (Å²) in [4.78, 5) is 18.7. The van der Waals surface area contributed by atoms with Gasteiger partial charge in [-0.25, -0.2) is 4.79 Å². The molecule has 1 saturated carbocycles. The van der Waals surface area contributed by atoms with Crippen molar-refractivity contribution >= 4 is 6.03 Å². The molecule has 2 amide bonds. The minimum absolute atomic E-state index is 0.119. The number of likely N-dealkylation sites (tertiary alicyclic amines) is 1. The molecule has 4 heteroatoms. The maximum atomic E-state index is 12.6. The summed E-state index contributed by atoms with van der Waals surface area (Å²) < 4.78 is 0. The molecule has 1 saturated heterocycles. The summed E-state index contributed by atoms with van der Waals surface area (Å²) in [6.07, 6.45) is 10.7. The highest BCUT2D eigenvalue weighted by molar-refractivity contribution is 5.75. The van der Waals surface area contributed by atoms with Crippen LogP contribution >= 0.6 is 0 Å². The van der Waals surface area contributed by atoms with E-state index in [2.05, 4.69) is 17.2 Å². The van der Waals surface area contributed by atoms with E-state index in [0.717, 1.165) is 25.8 Å². The quantitative estimate of drug-likeness (QED) is 0.904. The van der Waals surface area contributed by atoms with E-state index in [9.17, 15) is 4.79 Å². The van der Waals surface area contributed by atoms with Crippen molar-refractivity contribution < 1.29 is 4.79 Å². The molecule has 2 fully saturated rings. The molecule has 4 nitrogen and oxygen atoms in total. The summed E-state index contributed by atoms with van der Waals surface area (Å²) in [7, 11) is 0. The Kier molecular flexibility index (Phi) is 4.42. The van der Waals surface area contributed by atoms with E-state index in [1.165, 1.54) is 24.8 Å². The number of carbonyl (C=O) groups is 1. The van der Waals surface area contributed by atoms with Crippen molar-refractivity contribution in [2.45, 2.75) is 57.5 Å². The van der Waals surface area contributed by atoms with Crippen molar-refractivity contribution in [3.05, 3.63) is 30.1 Å². The molecule has 114 valence electrons. The Morgan fingerprint density at radius 1 is 1.19 bits per heavy atom. The van der Waals surface area contributed by atoms with Crippen LogP contribution in [0.15, 0.2) is 24.5 Å². The third-order valence-corrected chi connectivity index (χ3v) is 5.02. The number of pyridine rings is 1. The van der Waals surface area contributed by atoms with Gasteiger partial charge in [0.15, 0.2) is 0 Å². The Hall–Kier alpha value is -1.58. The van der Waals surface area contributed by atoms with Gasteiger partial charge < -0.3 is 10.2 Å². The molecule has 1 aromatic heterocycles. The maximum absolute atomic E-state index is 12.6. The SMILES string of the molecule is CC1CCCCC1NC(=O)N1CCCC1c1ccncc1. The van der Waals surface area contributed by atoms with Crippen LogP contribution in [-0.4, -0.2) is 28.5 Å². The second kappa shape index (κ2) is 6.46. The first kappa shape index (κ1) is 14.4. The lowest BCUT2D eigenvalue weighted by Gasteiger charge is -2.33. The van der Waals surface area contributed by atoms with Crippen LogP contribution in [0.25, 0.3) is 0 Å². The predicted octanol–water partition coefficient (Wildman–Crippen LogP) is 3.51. The normalized spacial score (nSPS) is 29.4. The molecule has 1 aliphatic carbocycles. The zero-order chi connectivity index (χ0) is 14.7. The standard InChI is InChI=1S/C17H25N3O/c1-13-5-2-3-6-15(13)19-17(21)20-12-4-7-16(20)14-8-10-18-11-9-14/h8-11,13,15-16H,2-7,12H2,1H3,(H,19,21). The zero-order valence-electron chi connectivity index (χ0n) is 12.8. The van der Waals surface area contributed by atoms with Crippen LogP contribution in [0, 0.1) is 5.92 Å². The van der Waals surface area contributed by atoms with Gasteiger partial charge in [0, 0.05) is 25.0 Å². The monoisotopic (exact) mass is 287 g/mol. The third kappa shape index (κ3) is 3.20. The molecule has 0 bridgehead atoms. The van der Waals surface area contributed by atoms with Crippen molar-refractivity contribution in [3.63, 3.8) is 0 Å². The topological polar surface area (TPSA) is 45.2 Å². The van der Waals surface area contributed by atoms with Gasteiger partial charge in [-0.3, -0.25) is 4.98 Å². The fourth-order valence-electron chi connectivity index (χ4n) is 3.71. The Morgan fingerprint density at radius 2 is 1.95 bits per heavy atom. The maximum Gasteiger partial charge on any atom is 0.318 e. The summed E-state index contributed by atoms with van der Waals surface area (Å²) in [5.41, 5.74) is 1.20. The van der Waals surface area contributed by atoms with Gasteiger partial charge in [-0.2, -0.15) is 0 Å².